The molecule has 0 spiro atoms. The van der Waals surface area contributed by atoms with Crippen LogP contribution in [0.5, 0.6) is 0 Å². The van der Waals surface area contributed by atoms with E-state index in [-0.39, 0.29) is 83.4 Å². The van der Waals surface area contributed by atoms with E-state index in [0.717, 1.165) is 71.6 Å². The van der Waals surface area contributed by atoms with Crippen LogP contribution < -0.4 is 51.2 Å². The molecule has 0 saturated carbocycles. The van der Waals surface area contributed by atoms with Crippen LogP contribution in [0.3, 0.4) is 0 Å². The number of pyridine rings is 7. The molecular weight excluding hydrogens is 1110 g/mol. The summed E-state index contributed by atoms with van der Waals surface area (Å²) in [6.45, 7) is 7.69. The summed E-state index contributed by atoms with van der Waals surface area (Å²) in [7, 11) is 1.34. The van der Waals surface area contributed by atoms with Gasteiger partial charge in [0.25, 0.3) is 0 Å². The fourth-order valence-electron chi connectivity index (χ4n) is 9.16. The molecule has 0 aliphatic carbocycles. The van der Waals surface area contributed by atoms with Gasteiger partial charge in [0.05, 0.1) is 86.3 Å². The molecule has 6 N–H and O–H groups in total. The van der Waals surface area contributed by atoms with Gasteiger partial charge in [-0.2, -0.15) is 0 Å². The average Bonchev–Trinajstić information content (AvgIpc) is 3.56. The number of allylic oxidation sites excluding steroid dienone is 1. The van der Waals surface area contributed by atoms with Crippen molar-refractivity contribution >= 4 is 144 Å². The third-order valence-corrected chi connectivity index (χ3v) is 13.1. The predicted molar refractivity (Wildman–Crippen MR) is 319 cm³/mol. The van der Waals surface area contributed by atoms with Gasteiger partial charge in [0.1, 0.15) is 5.70 Å². The van der Waals surface area contributed by atoms with Crippen molar-refractivity contribution < 1.29 is 60.3 Å². The Morgan fingerprint density at radius 1 is 0.654 bits per heavy atom. The maximum atomic E-state index is 12.1. The van der Waals surface area contributed by atoms with Gasteiger partial charge in [0.2, 0.25) is 0 Å². The quantitative estimate of drug-likeness (QED) is 0.0143. The molecule has 0 bridgehead atoms. The number of aliphatic hydroxyl groups excluding tert-OH is 1. The van der Waals surface area contributed by atoms with Crippen LogP contribution in [0.1, 0.15) is 56.5 Å². The number of nitrogens with zero attached hydrogens (tertiary/aromatic N) is 5. The zero-order chi connectivity index (χ0) is 55.8. The maximum absolute atomic E-state index is 12.1. The normalized spacial score (nSPS) is 12.1. The van der Waals surface area contributed by atoms with E-state index in [0.29, 0.717) is 61.6 Å². The summed E-state index contributed by atoms with van der Waals surface area (Å²) in [6, 6.07) is 27.0. The van der Waals surface area contributed by atoms with Crippen LogP contribution in [0.25, 0.3) is 76.3 Å². The summed E-state index contributed by atoms with van der Waals surface area (Å²) in [4.78, 5) is 85.0. The number of esters is 1. The molecule has 0 fully saturated rings. The summed E-state index contributed by atoms with van der Waals surface area (Å²) < 4.78 is 4.74. The van der Waals surface area contributed by atoms with Crippen molar-refractivity contribution in [3.8, 4) is 0 Å². The molecule has 0 amide bonds. The number of methoxy groups -OCH3 is 1. The number of oxime groups is 1. The van der Waals surface area contributed by atoms with E-state index >= 15 is 0 Å². The summed E-state index contributed by atoms with van der Waals surface area (Å²) in [6.07, 6.45) is 10.3. The van der Waals surface area contributed by atoms with Crippen molar-refractivity contribution in [3.63, 3.8) is 0 Å². The average molecular weight is 1160 g/mol. The van der Waals surface area contributed by atoms with Crippen LogP contribution in [-0.2, 0) is 16.1 Å². The van der Waals surface area contributed by atoms with Gasteiger partial charge in [0, 0.05) is 94.8 Å². The van der Waals surface area contributed by atoms with Gasteiger partial charge in [0.15, 0.2) is 22.6 Å². The van der Waals surface area contributed by atoms with Gasteiger partial charge in [-0.1, -0.05) is 35.5 Å². The van der Waals surface area contributed by atoms with Gasteiger partial charge in [-0.15, -0.1) is 34.8 Å². The van der Waals surface area contributed by atoms with Crippen LogP contribution in [0.4, 0.5) is 10.4 Å². The number of aromatic amines is 3. The Labute approximate surface area is 501 Å². The maximum Gasteiger partial charge on any atom is 1.00 e. The number of benzene rings is 4. The van der Waals surface area contributed by atoms with Crippen LogP contribution in [0.2, 0.25) is 0 Å². The van der Waals surface area contributed by atoms with Crippen LogP contribution in [0, 0.1) is 27.7 Å². The summed E-state index contributed by atoms with van der Waals surface area (Å²) >= 11 is 15.9. The molecule has 7 aromatic heterocycles. The summed E-state index contributed by atoms with van der Waals surface area (Å²) in [5.74, 6) is -0.439. The molecule has 1 unspecified atom stereocenters. The molecule has 81 heavy (non-hydrogen) atoms. The molecule has 17 nitrogen and oxygen atoms in total. The number of carbonyl (C=O) groups is 2. The second-order valence-electron chi connectivity index (χ2n) is 17.7. The third-order valence-electron chi connectivity index (χ3n) is 12.7. The Balaban J connectivity index is 0.000000228. The van der Waals surface area contributed by atoms with E-state index in [1.807, 2.05) is 100 Å². The fourth-order valence-corrected chi connectivity index (χ4v) is 9.46. The minimum atomic E-state index is -0.439. The van der Waals surface area contributed by atoms with Crippen molar-refractivity contribution in [1.82, 2.24) is 34.9 Å². The van der Waals surface area contributed by atoms with Gasteiger partial charge in [-0.05, 0) is 104 Å². The number of rotatable bonds is 4. The molecule has 407 valence electrons. The molecule has 1 atom stereocenters. The van der Waals surface area contributed by atoms with Gasteiger partial charge in [-0.3, -0.25) is 43.8 Å². The molecule has 1 aliphatic heterocycles. The molecule has 4 aromatic carbocycles. The van der Waals surface area contributed by atoms with Crippen molar-refractivity contribution in [2.24, 2.45) is 5.16 Å². The summed E-state index contributed by atoms with van der Waals surface area (Å²) in [5, 5.41) is 29.3. The number of hydrogen-bond acceptors (Lipinski definition) is 14. The fraction of sp³-hybridized carbons (Fsp3) is 0.138. The number of H-pyrrole nitrogens is 3. The summed E-state index contributed by atoms with van der Waals surface area (Å²) in [5.41, 5.74) is 12.0. The molecule has 8 heterocycles. The second kappa shape index (κ2) is 28.5. The van der Waals surface area contributed by atoms with Crippen LogP contribution >= 0.6 is 34.8 Å². The van der Waals surface area contributed by atoms with Crippen LogP contribution in [0.15, 0.2) is 147 Å². The Morgan fingerprint density at radius 2 is 1.05 bits per heavy atom. The van der Waals surface area contributed by atoms with Crippen molar-refractivity contribution in [2.75, 3.05) is 17.8 Å². The molecule has 1 aliphatic rings. The monoisotopic (exact) mass is 1160 g/mol. The Morgan fingerprint density at radius 3 is 1.48 bits per heavy atom. The molecule has 23 heteroatoms. The van der Waals surface area contributed by atoms with Crippen LogP contribution in [-0.4, -0.2) is 84.5 Å². The zero-order valence-corrected chi connectivity index (χ0v) is 48.7. The SMILES string of the molecule is COC(=O)C1=CC(Cl)c2cc(C)c3cccnc3c2N1.Cc1cc2c(=O)cc(/C=N/O)[nH]c2c2ncccc12.Cc1cc2c(=O)cc(C=O)[nH]c2c2ncccc12.Cc1cc2c(=O)cc(CO)[nH]c2c2ncccc12.ClCCl.F.[B].[H-].[Na+]. The number of aromatic nitrogens is 7. The van der Waals surface area contributed by atoms with E-state index in [1.54, 1.807) is 30.9 Å². The number of aldehydes is 1. The Hall–Kier alpha value is -7.88. The molecule has 3 radical (unpaired) electrons. The van der Waals surface area contributed by atoms with Gasteiger partial charge in [-0.25, -0.2) is 4.79 Å². The van der Waals surface area contributed by atoms with Crippen molar-refractivity contribution in [1.29, 1.82) is 0 Å². The minimum Gasteiger partial charge on any atom is -1.00 e. The molecule has 11 aromatic rings. The van der Waals surface area contributed by atoms with Crippen molar-refractivity contribution in [2.45, 2.75) is 39.7 Å². The first-order valence-electron chi connectivity index (χ1n) is 23.8. The number of anilines is 1. The number of halogens is 4. The Bertz CT molecular complexity index is 4420. The number of ether oxygens (including phenoxy) is 1. The number of aliphatic hydroxyl groups is 1. The van der Waals surface area contributed by atoms with Gasteiger partial charge < -0.3 is 36.7 Å². The number of alkyl halides is 3. The van der Waals surface area contributed by atoms with Gasteiger partial charge >= 0.3 is 35.5 Å². The molecule has 0 saturated heterocycles. The van der Waals surface area contributed by atoms with Crippen molar-refractivity contribution in [3.05, 3.63) is 203 Å². The first-order chi connectivity index (χ1) is 37.6. The first kappa shape index (κ1) is 64.0. The zero-order valence-electron chi connectivity index (χ0n) is 45.4. The van der Waals surface area contributed by atoms with E-state index in [2.05, 4.69) is 45.4 Å². The standard InChI is InChI=1S/C15H13ClN2O2.C14H11N3O2.C14H12N2O2.C14H10N2O2.CH2Cl2.B.FH.Na.H/c1-8-6-10-11(16)7-12(15(19)20-2)18-14(10)13-9(8)4-3-5-17-13;1-8-5-11-12(18)6-9(7-16-19)17-14(11)13-10(8)3-2-4-15-13;2*1-8-5-11-12(18)6-9(7-17)16-14(11)13-10(8)3-2-4-15-13;2-1-3;;;;/h3-7,11,18H,1-2H3;2-7,19H,1H3,(H,17,18);2-6,17H,7H2,1H3,(H,16,18);2-7H,1H3,(H,16,18);1H2;;1H;;/q;;;;;;;+1;-1/b;16-7+;;;;;;;. The van der Waals surface area contributed by atoms with E-state index in [9.17, 15) is 24.0 Å². The third kappa shape index (κ3) is 13.7. The van der Waals surface area contributed by atoms with E-state index in [4.69, 9.17) is 49.9 Å². The van der Waals surface area contributed by atoms with E-state index in [1.165, 1.54) is 31.5 Å². The number of hydrogen-bond donors (Lipinski definition) is 6. The topological polar surface area (TPSA) is 258 Å². The number of nitrogens with one attached hydrogen (secondary N) is 4. The number of aryl methyl sites for hydroxylation is 4. The predicted octanol–water partition coefficient (Wildman–Crippen LogP) is 7.88. The Kier molecular flexibility index (Phi) is 22.5. The minimum absolute atomic E-state index is 0. The smallest absolute Gasteiger partial charge is 1.00 e. The molecule has 12 rings (SSSR count). The number of fused-ring (bicyclic) bond motifs is 12. The largest absolute Gasteiger partial charge is 1.00 e. The second-order valence-corrected chi connectivity index (χ2v) is 18.9. The van der Waals surface area contributed by atoms with E-state index < -0.39 is 5.97 Å². The number of carbonyl (C=O) groups excluding carboxylic acids is 2. The first-order valence-corrected chi connectivity index (χ1v) is 25.3. The molecular formula is C58H50BCl3FN9NaO8.